The van der Waals surface area contributed by atoms with Crippen molar-refractivity contribution in [2.75, 3.05) is 0 Å². The zero-order valence-corrected chi connectivity index (χ0v) is 12.0. The number of para-hydroxylation sites is 1. The Balaban J connectivity index is 2.11. The van der Waals surface area contributed by atoms with Gasteiger partial charge in [0, 0.05) is 18.0 Å². The average molecular weight is 296 g/mol. The molecule has 1 atom stereocenters. The molecule has 0 saturated carbocycles. The molecule has 6 heteroatoms. The molecule has 22 heavy (non-hydrogen) atoms. The van der Waals surface area contributed by atoms with Crippen LogP contribution < -0.4 is 11.1 Å². The van der Waals surface area contributed by atoms with Gasteiger partial charge < -0.3 is 11.1 Å². The molecule has 2 aromatic rings. The highest BCUT2D eigenvalue weighted by atomic mass is 16.2. The molecule has 1 aromatic heterocycles. The molecule has 112 valence electrons. The minimum absolute atomic E-state index is 0.317. The number of aromatic nitrogens is 1. The van der Waals surface area contributed by atoms with Crippen LogP contribution in [-0.4, -0.2) is 22.8 Å². The first-order valence-electron chi connectivity index (χ1n) is 6.93. The molecular formula is C16H16N4O2. The molecule has 0 aliphatic heterocycles. The molecule has 0 aliphatic rings. The van der Waals surface area contributed by atoms with Crippen molar-refractivity contribution < 1.29 is 9.59 Å². The molecule has 0 bridgehead atoms. The fourth-order valence-electron chi connectivity index (χ4n) is 2.11. The number of fused-ring (bicyclic) bond motifs is 1. The average Bonchev–Trinajstić information content (AvgIpc) is 2.53. The number of unbranched alkanes of at least 4 members (excludes halogenated alkanes) is 1. The number of nitrogens with one attached hydrogen (secondary N) is 1. The Morgan fingerprint density at radius 1 is 1.36 bits per heavy atom. The van der Waals surface area contributed by atoms with Crippen LogP contribution in [0.4, 0.5) is 0 Å². The number of carbonyl (C=O) groups is 2. The predicted octanol–water partition coefficient (Wildman–Crippen LogP) is 1.51. The maximum absolute atomic E-state index is 12.2. The number of rotatable bonds is 6. The van der Waals surface area contributed by atoms with Crippen molar-refractivity contribution in [3.8, 4) is 6.07 Å². The van der Waals surface area contributed by atoms with Crippen molar-refractivity contribution >= 4 is 22.7 Å². The second kappa shape index (κ2) is 7.18. The van der Waals surface area contributed by atoms with Gasteiger partial charge in [0.15, 0.2) is 0 Å². The van der Waals surface area contributed by atoms with Gasteiger partial charge in [-0.05, 0) is 25.0 Å². The molecule has 6 nitrogen and oxygen atoms in total. The van der Waals surface area contributed by atoms with E-state index in [0.29, 0.717) is 24.8 Å². The lowest BCUT2D eigenvalue weighted by atomic mass is 10.1. The second-order valence-corrected chi connectivity index (χ2v) is 4.90. The Hall–Kier alpha value is -2.94. The van der Waals surface area contributed by atoms with Gasteiger partial charge in [0.2, 0.25) is 5.91 Å². The number of primary amides is 1. The van der Waals surface area contributed by atoms with E-state index in [9.17, 15) is 9.59 Å². The van der Waals surface area contributed by atoms with Gasteiger partial charge in [-0.1, -0.05) is 18.2 Å². The lowest BCUT2D eigenvalue weighted by Gasteiger charge is -2.14. The third kappa shape index (κ3) is 3.79. The number of hydrogen-bond acceptors (Lipinski definition) is 4. The highest BCUT2D eigenvalue weighted by Gasteiger charge is 2.18. The number of pyridine rings is 1. The highest BCUT2D eigenvalue weighted by Crippen LogP contribution is 2.13. The molecule has 2 amide bonds. The van der Waals surface area contributed by atoms with E-state index in [-0.39, 0.29) is 0 Å². The third-order valence-electron chi connectivity index (χ3n) is 3.28. The van der Waals surface area contributed by atoms with Gasteiger partial charge in [0.1, 0.15) is 6.04 Å². The quantitative estimate of drug-likeness (QED) is 0.787. The van der Waals surface area contributed by atoms with Gasteiger partial charge in [-0.25, -0.2) is 0 Å². The smallest absolute Gasteiger partial charge is 0.253 e. The molecule has 1 aromatic carbocycles. The van der Waals surface area contributed by atoms with E-state index in [0.717, 1.165) is 10.9 Å². The summed E-state index contributed by atoms with van der Waals surface area (Å²) < 4.78 is 0. The van der Waals surface area contributed by atoms with Crippen LogP contribution in [0.1, 0.15) is 29.6 Å². The number of carbonyl (C=O) groups excluding carboxylic acids is 2. The summed E-state index contributed by atoms with van der Waals surface area (Å²) in [7, 11) is 0. The molecule has 0 saturated heterocycles. The largest absolute Gasteiger partial charge is 0.368 e. The van der Waals surface area contributed by atoms with Crippen LogP contribution in [0, 0.1) is 11.3 Å². The van der Waals surface area contributed by atoms with Gasteiger partial charge in [0.05, 0.1) is 17.1 Å². The topological polar surface area (TPSA) is 109 Å². The standard InChI is InChI=1S/C16H16N4O2/c17-8-4-3-7-14(15(18)21)20-16(22)12-9-11-5-1-2-6-13(11)19-10-12/h1-2,5-6,9-10,14H,3-4,7H2,(H2,18,21)(H,20,22)/t14-/m0/s1. The van der Waals surface area contributed by atoms with Crippen LogP contribution in [0.25, 0.3) is 10.9 Å². The molecule has 0 radical (unpaired) electrons. The summed E-state index contributed by atoms with van der Waals surface area (Å²) in [6, 6.07) is 10.4. The van der Waals surface area contributed by atoms with Gasteiger partial charge in [-0.3, -0.25) is 14.6 Å². The van der Waals surface area contributed by atoms with Crippen LogP contribution in [0.2, 0.25) is 0 Å². The summed E-state index contributed by atoms with van der Waals surface area (Å²) in [6.45, 7) is 0. The minimum Gasteiger partial charge on any atom is -0.368 e. The van der Waals surface area contributed by atoms with E-state index in [1.165, 1.54) is 6.20 Å². The first-order chi connectivity index (χ1) is 10.6. The van der Waals surface area contributed by atoms with Gasteiger partial charge in [-0.2, -0.15) is 5.26 Å². The third-order valence-corrected chi connectivity index (χ3v) is 3.28. The van der Waals surface area contributed by atoms with E-state index in [1.807, 2.05) is 30.3 Å². The summed E-state index contributed by atoms with van der Waals surface area (Å²) in [5.41, 5.74) is 6.44. The Labute approximate surface area is 127 Å². The number of benzene rings is 1. The molecule has 0 aliphatic carbocycles. The Morgan fingerprint density at radius 3 is 2.86 bits per heavy atom. The van der Waals surface area contributed by atoms with Gasteiger partial charge in [-0.15, -0.1) is 0 Å². The highest BCUT2D eigenvalue weighted by molar-refractivity contribution is 5.99. The van der Waals surface area contributed by atoms with E-state index in [2.05, 4.69) is 10.3 Å². The van der Waals surface area contributed by atoms with Crippen LogP contribution in [0.5, 0.6) is 0 Å². The molecule has 3 N–H and O–H groups in total. The fraction of sp³-hybridized carbons (Fsp3) is 0.250. The second-order valence-electron chi connectivity index (χ2n) is 4.90. The van der Waals surface area contributed by atoms with Crippen LogP contribution in [-0.2, 0) is 4.79 Å². The zero-order chi connectivity index (χ0) is 15.9. The van der Waals surface area contributed by atoms with Crippen LogP contribution in [0.15, 0.2) is 36.5 Å². The number of hydrogen-bond donors (Lipinski definition) is 2. The maximum atomic E-state index is 12.2. The van der Waals surface area contributed by atoms with Crippen molar-refractivity contribution in [1.29, 1.82) is 5.26 Å². The van der Waals surface area contributed by atoms with Crippen molar-refractivity contribution in [1.82, 2.24) is 10.3 Å². The van der Waals surface area contributed by atoms with Crippen molar-refractivity contribution in [2.24, 2.45) is 5.73 Å². The minimum atomic E-state index is -0.785. The summed E-state index contributed by atoms with van der Waals surface area (Å²) in [5.74, 6) is -1.01. The number of nitrogens with zero attached hydrogens (tertiary/aromatic N) is 2. The van der Waals surface area contributed by atoms with Crippen LogP contribution in [0.3, 0.4) is 0 Å². The number of nitriles is 1. The summed E-state index contributed by atoms with van der Waals surface area (Å²) in [4.78, 5) is 27.8. The van der Waals surface area contributed by atoms with E-state index in [4.69, 9.17) is 11.0 Å². The normalized spacial score (nSPS) is 11.6. The molecule has 2 rings (SSSR count). The summed E-state index contributed by atoms with van der Waals surface area (Å²) in [6.07, 6.45) is 2.62. The number of amides is 2. The molecular weight excluding hydrogens is 280 g/mol. The van der Waals surface area contributed by atoms with E-state index in [1.54, 1.807) is 6.07 Å². The Morgan fingerprint density at radius 2 is 2.14 bits per heavy atom. The predicted molar refractivity (Wildman–Crippen MR) is 81.7 cm³/mol. The molecule has 0 spiro atoms. The molecule has 0 fully saturated rings. The van der Waals surface area contributed by atoms with Gasteiger partial charge >= 0.3 is 0 Å². The SMILES string of the molecule is N#CCCC[C@H](NC(=O)c1cnc2ccccc2c1)C(N)=O. The molecule has 0 unspecified atom stereocenters. The van der Waals surface area contributed by atoms with Crippen molar-refractivity contribution in [2.45, 2.75) is 25.3 Å². The lowest BCUT2D eigenvalue weighted by molar-refractivity contribution is -0.120. The first kappa shape index (κ1) is 15.4. The van der Waals surface area contributed by atoms with E-state index < -0.39 is 17.9 Å². The van der Waals surface area contributed by atoms with E-state index >= 15 is 0 Å². The zero-order valence-electron chi connectivity index (χ0n) is 12.0. The lowest BCUT2D eigenvalue weighted by Crippen LogP contribution is -2.44. The Kier molecular flexibility index (Phi) is 5.04. The van der Waals surface area contributed by atoms with Crippen molar-refractivity contribution in [3.05, 3.63) is 42.1 Å². The molecule has 1 heterocycles. The number of nitrogens with two attached hydrogens (primary N) is 1. The Bertz CT molecular complexity index is 736. The maximum Gasteiger partial charge on any atom is 0.253 e. The fourth-order valence-corrected chi connectivity index (χ4v) is 2.11. The monoisotopic (exact) mass is 296 g/mol. The van der Waals surface area contributed by atoms with Crippen molar-refractivity contribution in [3.63, 3.8) is 0 Å². The van der Waals surface area contributed by atoms with Gasteiger partial charge in [0.25, 0.3) is 5.91 Å². The summed E-state index contributed by atoms with van der Waals surface area (Å²) in [5, 5.41) is 12.0. The first-order valence-corrected chi connectivity index (χ1v) is 6.93. The van der Waals surface area contributed by atoms with Crippen LogP contribution >= 0.6 is 0 Å². The summed E-state index contributed by atoms with van der Waals surface area (Å²) >= 11 is 0.